The van der Waals surface area contributed by atoms with Crippen molar-refractivity contribution in [2.75, 3.05) is 32.8 Å². The lowest BCUT2D eigenvalue weighted by molar-refractivity contribution is 0.0960. The average molecular weight is 500 g/mol. The van der Waals surface area contributed by atoms with E-state index in [9.17, 15) is 5.11 Å². The largest absolute Gasteiger partial charge is 0.506 e. The number of hydrogen-bond acceptors (Lipinski definition) is 4. The van der Waals surface area contributed by atoms with E-state index in [-0.39, 0.29) is 0 Å². The van der Waals surface area contributed by atoms with Crippen LogP contribution in [0.5, 0.6) is 5.75 Å². The molecule has 0 bridgehead atoms. The number of rotatable bonds is 4. The summed E-state index contributed by atoms with van der Waals surface area (Å²) in [5.41, 5.74) is 6.37. The number of benzene rings is 1. The van der Waals surface area contributed by atoms with Gasteiger partial charge in [0, 0.05) is 15.7 Å². The first-order valence-electron chi connectivity index (χ1n) is 6.54. The van der Waals surface area contributed by atoms with Crippen LogP contribution in [0.2, 0.25) is 0 Å². The van der Waals surface area contributed by atoms with Crippen LogP contribution in [0.4, 0.5) is 0 Å². The highest BCUT2D eigenvalue weighted by Crippen LogP contribution is 2.29. The maximum absolute atomic E-state index is 10.1. The van der Waals surface area contributed by atoms with E-state index in [1.165, 1.54) is 0 Å². The Morgan fingerprint density at radius 2 is 2.20 bits per heavy atom. The van der Waals surface area contributed by atoms with Crippen molar-refractivity contribution in [1.82, 2.24) is 4.90 Å². The fraction of sp³-hybridized carbons (Fsp3) is 0.429. The van der Waals surface area contributed by atoms with Crippen LogP contribution in [-0.2, 0) is 4.74 Å². The molecule has 1 fully saturated rings. The molecule has 1 aromatic rings. The first-order chi connectivity index (χ1) is 9.60. The minimum absolute atomic E-state index is 0.321. The van der Waals surface area contributed by atoms with Crippen LogP contribution in [-0.4, -0.2) is 42.8 Å². The van der Waals surface area contributed by atoms with Crippen molar-refractivity contribution in [2.45, 2.75) is 6.42 Å². The molecule has 20 heavy (non-hydrogen) atoms. The third kappa shape index (κ3) is 4.47. The third-order valence-corrected chi connectivity index (χ3v) is 4.57. The number of nitrogens with two attached hydrogens (primary N) is 1. The summed E-state index contributed by atoms with van der Waals surface area (Å²) in [4.78, 5) is 2.33. The van der Waals surface area contributed by atoms with E-state index < -0.39 is 0 Å². The van der Waals surface area contributed by atoms with Gasteiger partial charge in [-0.05, 0) is 82.9 Å². The predicted molar refractivity (Wildman–Crippen MR) is 97.6 cm³/mol. The van der Waals surface area contributed by atoms with Crippen LogP contribution >= 0.6 is 45.2 Å². The number of phenols is 1. The summed E-state index contributed by atoms with van der Waals surface area (Å²) < 4.78 is 7.66. The smallest absolute Gasteiger partial charge is 0.136 e. The molecule has 2 rings (SSSR count). The zero-order valence-electron chi connectivity index (χ0n) is 11.1. The second kappa shape index (κ2) is 7.81. The van der Waals surface area contributed by atoms with Gasteiger partial charge in [-0.2, -0.15) is 0 Å². The van der Waals surface area contributed by atoms with Gasteiger partial charge in [0.05, 0.1) is 10.1 Å². The molecule has 1 heterocycles. The summed E-state index contributed by atoms with van der Waals surface area (Å²) in [6, 6.07) is 3.92. The van der Waals surface area contributed by atoms with Gasteiger partial charge in [0.25, 0.3) is 0 Å². The zero-order chi connectivity index (χ0) is 14.5. The molecule has 0 spiro atoms. The lowest BCUT2D eigenvalue weighted by atomic mass is 10.1. The lowest BCUT2D eigenvalue weighted by Gasteiger charge is -2.28. The Kier molecular flexibility index (Phi) is 6.37. The molecule has 0 atom stereocenters. The Morgan fingerprint density at radius 1 is 1.40 bits per heavy atom. The molecule has 4 nitrogen and oxygen atoms in total. The van der Waals surface area contributed by atoms with Crippen LogP contribution in [0.3, 0.4) is 0 Å². The molecule has 0 saturated carbocycles. The van der Waals surface area contributed by atoms with Gasteiger partial charge in [0.1, 0.15) is 18.1 Å². The fourth-order valence-electron chi connectivity index (χ4n) is 2.11. The van der Waals surface area contributed by atoms with E-state index in [0.29, 0.717) is 18.9 Å². The average Bonchev–Trinajstić information content (AvgIpc) is 2.42. The summed E-state index contributed by atoms with van der Waals surface area (Å²) in [5.74, 6) is 1.22. The monoisotopic (exact) mass is 500 g/mol. The number of halogens is 2. The van der Waals surface area contributed by atoms with Crippen LogP contribution in [0, 0.1) is 7.14 Å². The van der Waals surface area contributed by atoms with Crippen LogP contribution < -0.4 is 5.73 Å². The SMILES string of the molecule is NCCCN1CCOC(=Cc2cc(I)cc(I)c2O)C1. The second-order valence-electron chi connectivity index (χ2n) is 4.70. The predicted octanol–water partition coefficient (Wildman–Crippen LogP) is 2.62. The topological polar surface area (TPSA) is 58.7 Å². The molecule has 3 N–H and O–H groups in total. The molecule has 0 aliphatic carbocycles. The van der Waals surface area contributed by atoms with Crippen molar-refractivity contribution in [3.63, 3.8) is 0 Å². The van der Waals surface area contributed by atoms with Gasteiger partial charge >= 0.3 is 0 Å². The normalized spacial score (nSPS) is 18.2. The number of ether oxygens (including phenoxy) is 1. The molecule has 1 aliphatic rings. The van der Waals surface area contributed by atoms with Gasteiger partial charge in [-0.3, -0.25) is 4.90 Å². The Hall–Kier alpha value is -0.0600. The van der Waals surface area contributed by atoms with Gasteiger partial charge in [-0.1, -0.05) is 0 Å². The Labute approximate surface area is 146 Å². The number of phenolic OH excluding ortho intramolecular Hbond substituents is 1. The summed E-state index contributed by atoms with van der Waals surface area (Å²) in [5, 5.41) is 10.1. The third-order valence-electron chi connectivity index (χ3n) is 3.13. The summed E-state index contributed by atoms with van der Waals surface area (Å²) in [6.07, 6.45) is 2.94. The van der Waals surface area contributed by atoms with E-state index in [2.05, 4.69) is 50.1 Å². The molecule has 1 aromatic carbocycles. The van der Waals surface area contributed by atoms with Crippen LogP contribution in [0.25, 0.3) is 6.08 Å². The molecule has 1 saturated heterocycles. The molecule has 0 unspecified atom stereocenters. The summed E-state index contributed by atoms with van der Waals surface area (Å²) >= 11 is 4.40. The first kappa shape index (κ1) is 16.3. The zero-order valence-corrected chi connectivity index (χ0v) is 15.4. The van der Waals surface area contributed by atoms with Gasteiger partial charge < -0.3 is 15.6 Å². The number of nitrogens with zero attached hydrogens (tertiary/aromatic N) is 1. The van der Waals surface area contributed by atoms with E-state index in [0.717, 1.165) is 44.5 Å². The quantitative estimate of drug-likeness (QED) is 0.625. The molecular formula is C14H18I2N2O2. The van der Waals surface area contributed by atoms with Gasteiger partial charge in [0.15, 0.2) is 0 Å². The molecule has 0 radical (unpaired) electrons. The van der Waals surface area contributed by atoms with Crippen molar-refractivity contribution in [2.24, 2.45) is 5.73 Å². The minimum atomic E-state index is 0.321. The molecule has 0 aromatic heterocycles. The van der Waals surface area contributed by atoms with Crippen molar-refractivity contribution < 1.29 is 9.84 Å². The maximum atomic E-state index is 10.1. The fourth-order valence-corrected chi connectivity index (χ4v) is 4.00. The lowest BCUT2D eigenvalue weighted by Crippen LogP contribution is -2.36. The number of aromatic hydroxyl groups is 1. The Balaban J connectivity index is 2.14. The minimum Gasteiger partial charge on any atom is -0.506 e. The van der Waals surface area contributed by atoms with Gasteiger partial charge in [-0.15, -0.1) is 0 Å². The number of hydrogen-bond donors (Lipinski definition) is 2. The van der Waals surface area contributed by atoms with Crippen molar-refractivity contribution in [3.8, 4) is 5.75 Å². The van der Waals surface area contributed by atoms with E-state index >= 15 is 0 Å². The van der Waals surface area contributed by atoms with E-state index in [1.807, 2.05) is 18.2 Å². The standard InChI is InChI=1S/C14H18I2N2O2/c15-11-6-10(14(19)13(16)8-11)7-12-9-18(3-1-2-17)4-5-20-12/h6-8,19H,1-5,9,17H2. The van der Waals surface area contributed by atoms with Crippen LogP contribution in [0.15, 0.2) is 17.9 Å². The molecule has 1 aliphatic heterocycles. The number of morpholine rings is 1. The van der Waals surface area contributed by atoms with E-state index in [1.54, 1.807) is 0 Å². The first-order valence-corrected chi connectivity index (χ1v) is 8.69. The maximum Gasteiger partial charge on any atom is 0.136 e. The molecule has 6 heteroatoms. The summed E-state index contributed by atoms with van der Waals surface area (Å²) in [7, 11) is 0. The van der Waals surface area contributed by atoms with Crippen LogP contribution in [0.1, 0.15) is 12.0 Å². The van der Waals surface area contributed by atoms with Crippen molar-refractivity contribution in [1.29, 1.82) is 0 Å². The van der Waals surface area contributed by atoms with Gasteiger partial charge in [-0.25, -0.2) is 0 Å². The highest BCUT2D eigenvalue weighted by molar-refractivity contribution is 14.1. The van der Waals surface area contributed by atoms with Crippen molar-refractivity contribution in [3.05, 3.63) is 30.6 Å². The molecular weight excluding hydrogens is 482 g/mol. The van der Waals surface area contributed by atoms with Crippen molar-refractivity contribution >= 4 is 51.3 Å². The van der Waals surface area contributed by atoms with Gasteiger partial charge in [0.2, 0.25) is 0 Å². The molecule has 110 valence electrons. The summed E-state index contributed by atoms with van der Waals surface area (Å²) in [6.45, 7) is 4.12. The van der Waals surface area contributed by atoms with E-state index in [4.69, 9.17) is 10.5 Å². The second-order valence-corrected chi connectivity index (χ2v) is 7.11. The highest BCUT2D eigenvalue weighted by Gasteiger charge is 2.15. The molecule has 0 amide bonds. The Morgan fingerprint density at radius 3 is 2.95 bits per heavy atom. The highest BCUT2D eigenvalue weighted by atomic mass is 127. The Bertz CT molecular complexity index is 506.